The van der Waals surface area contributed by atoms with Crippen molar-refractivity contribution in [2.24, 2.45) is 0 Å². The summed E-state index contributed by atoms with van der Waals surface area (Å²) in [6, 6.07) is 0.730. The van der Waals surface area contributed by atoms with Crippen molar-refractivity contribution >= 4 is 0 Å². The van der Waals surface area contributed by atoms with Gasteiger partial charge < -0.3 is 15.3 Å². The highest BCUT2D eigenvalue weighted by Gasteiger charge is 2.14. The number of hydrogen-bond acceptors (Lipinski definition) is 3. The van der Waals surface area contributed by atoms with E-state index in [1.807, 2.05) is 0 Å². The molecule has 14 heavy (non-hydrogen) atoms. The van der Waals surface area contributed by atoms with Crippen LogP contribution in [0.1, 0.15) is 32.6 Å². The SMILES string of the molecule is CCCN(CCO)CCC1CCCN1. The highest BCUT2D eigenvalue weighted by atomic mass is 16.3. The molecule has 1 rings (SSSR count). The molecule has 1 saturated heterocycles. The quantitative estimate of drug-likeness (QED) is 0.639. The molecule has 0 bridgehead atoms. The lowest BCUT2D eigenvalue weighted by atomic mass is 10.1. The number of aliphatic hydroxyl groups excluding tert-OH is 1. The first kappa shape index (κ1) is 12.0. The molecule has 0 radical (unpaired) electrons. The van der Waals surface area contributed by atoms with E-state index in [0.717, 1.165) is 25.7 Å². The zero-order valence-corrected chi connectivity index (χ0v) is 9.34. The fourth-order valence-corrected chi connectivity index (χ4v) is 2.13. The minimum absolute atomic E-state index is 0.290. The number of nitrogens with one attached hydrogen (secondary N) is 1. The van der Waals surface area contributed by atoms with Crippen LogP contribution in [0.25, 0.3) is 0 Å². The van der Waals surface area contributed by atoms with Crippen LogP contribution >= 0.6 is 0 Å². The van der Waals surface area contributed by atoms with Gasteiger partial charge in [0, 0.05) is 12.6 Å². The molecule has 3 heteroatoms. The number of rotatable bonds is 7. The van der Waals surface area contributed by atoms with Gasteiger partial charge in [-0.25, -0.2) is 0 Å². The van der Waals surface area contributed by atoms with E-state index in [1.165, 1.54) is 32.2 Å². The second-order valence-corrected chi connectivity index (χ2v) is 4.15. The van der Waals surface area contributed by atoms with Crippen LogP contribution in [0.4, 0.5) is 0 Å². The molecular formula is C11H24N2O. The average molecular weight is 200 g/mol. The van der Waals surface area contributed by atoms with Crippen LogP contribution in [0, 0.1) is 0 Å². The summed E-state index contributed by atoms with van der Waals surface area (Å²) in [6.07, 6.45) is 5.08. The maximum absolute atomic E-state index is 8.90. The molecule has 1 unspecified atom stereocenters. The van der Waals surface area contributed by atoms with Crippen LogP contribution in [-0.4, -0.2) is 48.8 Å². The fraction of sp³-hybridized carbons (Fsp3) is 1.00. The van der Waals surface area contributed by atoms with Gasteiger partial charge in [0.25, 0.3) is 0 Å². The Morgan fingerprint density at radius 2 is 2.21 bits per heavy atom. The predicted molar refractivity (Wildman–Crippen MR) is 59.5 cm³/mol. The molecule has 0 amide bonds. The minimum Gasteiger partial charge on any atom is -0.395 e. The standard InChI is InChI=1S/C11H24N2O/c1-2-7-13(9-10-14)8-5-11-4-3-6-12-11/h11-12,14H,2-10H2,1H3. The molecule has 0 aromatic heterocycles. The van der Waals surface area contributed by atoms with Gasteiger partial charge in [-0.05, 0) is 45.3 Å². The summed E-state index contributed by atoms with van der Waals surface area (Å²) in [4.78, 5) is 2.36. The summed E-state index contributed by atoms with van der Waals surface area (Å²) in [7, 11) is 0. The van der Waals surface area contributed by atoms with E-state index in [9.17, 15) is 0 Å². The Morgan fingerprint density at radius 1 is 1.36 bits per heavy atom. The summed E-state index contributed by atoms with van der Waals surface area (Å²) in [6.45, 7) is 6.76. The van der Waals surface area contributed by atoms with Gasteiger partial charge in [-0.3, -0.25) is 0 Å². The Morgan fingerprint density at radius 3 is 2.79 bits per heavy atom. The van der Waals surface area contributed by atoms with Gasteiger partial charge in [0.05, 0.1) is 6.61 Å². The van der Waals surface area contributed by atoms with Crippen molar-refractivity contribution in [3.63, 3.8) is 0 Å². The molecule has 2 N–H and O–H groups in total. The molecule has 1 atom stereocenters. The molecular weight excluding hydrogens is 176 g/mol. The van der Waals surface area contributed by atoms with E-state index >= 15 is 0 Å². The lowest BCUT2D eigenvalue weighted by Crippen LogP contribution is -2.33. The number of aliphatic hydroxyl groups is 1. The summed E-state index contributed by atoms with van der Waals surface area (Å²) in [5, 5.41) is 12.4. The van der Waals surface area contributed by atoms with E-state index in [4.69, 9.17) is 5.11 Å². The highest BCUT2D eigenvalue weighted by Crippen LogP contribution is 2.09. The van der Waals surface area contributed by atoms with E-state index in [-0.39, 0.29) is 6.61 Å². The lowest BCUT2D eigenvalue weighted by molar-refractivity contribution is 0.190. The lowest BCUT2D eigenvalue weighted by Gasteiger charge is -2.22. The molecule has 0 saturated carbocycles. The van der Waals surface area contributed by atoms with E-state index < -0.39 is 0 Å². The summed E-state index contributed by atoms with van der Waals surface area (Å²) < 4.78 is 0. The van der Waals surface area contributed by atoms with Crippen LogP contribution in [0.2, 0.25) is 0 Å². The van der Waals surface area contributed by atoms with E-state index in [1.54, 1.807) is 0 Å². The zero-order valence-electron chi connectivity index (χ0n) is 9.34. The van der Waals surface area contributed by atoms with Crippen molar-refractivity contribution in [2.45, 2.75) is 38.6 Å². The Labute approximate surface area is 87.5 Å². The molecule has 84 valence electrons. The van der Waals surface area contributed by atoms with E-state index in [2.05, 4.69) is 17.1 Å². The van der Waals surface area contributed by atoms with Crippen molar-refractivity contribution in [3.8, 4) is 0 Å². The molecule has 1 heterocycles. The molecule has 0 aromatic carbocycles. The summed E-state index contributed by atoms with van der Waals surface area (Å²) in [5.74, 6) is 0. The second kappa shape index (κ2) is 7.21. The van der Waals surface area contributed by atoms with Crippen molar-refractivity contribution in [1.29, 1.82) is 0 Å². The van der Waals surface area contributed by atoms with Crippen LogP contribution in [-0.2, 0) is 0 Å². The van der Waals surface area contributed by atoms with Gasteiger partial charge in [0.1, 0.15) is 0 Å². The van der Waals surface area contributed by atoms with Crippen LogP contribution in [0.3, 0.4) is 0 Å². The molecule has 0 aromatic rings. The molecule has 3 nitrogen and oxygen atoms in total. The smallest absolute Gasteiger partial charge is 0.0558 e. The molecule has 0 spiro atoms. The normalized spacial score (nSPS) is 22.1. The van der Waals surface area contributed by atoms with Gasteiger partial charge >= 0.3 is 0 Å². The fourth-order valence-electron chi connectivity index (χ4n) is 2.13. The minimum atomic E-state index is 0.290. The van der Waals surface area contributed by atoms with E-state index in [0.29, 0.717) is 0 Å². The molecule has 1 fully saturated rings. The first-order valence-corrected chi connectivity index (χ1v) is 5.93. The number of hydrogen-bond donors (Lipinski definition) is 2. The third-order valence-electron chi connectivity index (χ3n) is 2.91. The molecule has 0 aliphatic carbocycles. The van der Waals surface area contributed by atoms with Gasteiger partial charge in [-0.2, -0.15) is 0 Å². The Bertz CT molecular complexity index is 129. The first-order chi connectivity index (χ1) is 6.86. The third-order valence-corrected chi connectivity index (χ3v) is 2.91. The topological polar surface area (TPSA) is 35.5 Å². The van der Waals surface area contributed by atoms with Crippen molar-refractivity contribution in [3.05, 3.63) is 0 Å². The zero-order chi connectivity index (χ0) is 10.2. The van der Waals surface area contributed by atoms with Crippen molar-refractivity contribution in [2.75, 3.05) is 32.8 Å². The first-order valence-electron chi connectivity index (χ1n) is 5.93. The Kier molecular flexibility index (Phi) is 6.15. The third kappa shape index (κ3) is 4.40. The van der Waals surface area contributed by atoms with Crippen LogP contribution in [0.15, 0.2) is 0 Å². The monoisotopic (exact) mass is 200 g/mol. The Hall–Kier alpha value is -0.120. The maximum atomic E-state index is 8.90. The average Bonchev–Trinajstić information content (AvgIpc) is 2.67. The maximum Gasteiger partial charge on any atom is 0.0558 e. The largest absolute Gasteiger partial charge is 0.395 e. The van der Waals surface area contributed by atoms with Gasteiger partial charge in [0.15, 0.2) is 0 Å². The van der Waals surface area contributed by atoms with Gasteiger partial charge in [-0.15, -0.1) is 0 Å². The van der Waals surface area contributed by atoms with Crippen molar-refractivity contribution in [1.82, 2.24) is 10.2 Å². The Balaban J connectivity index is 2.10. The van der Waals surface area contributed by atoms with Crippen LogP contribution < -0.4 is 5.32 Å². The van der Waals surface area contributed by atoms with Crippen LogP contribution in [0.5, 0.6) is 0 Å². The second-order valence-electron chi connectivity index (χ2n) is 4.15. The number of nitrogens with zero attached hydrogens (tertiary/aromatic N) is 1. The predicted octanol–water partition coefficient (Wildman–Crippen LogP) is 0.833. The molecule has 1 aliphatic rings. The van der Waals surface area contributed by atoms with Gasteiger partial charge in [0.2, 0.25) is 0 Å². The highest BCUT2D eigenvalue weighted by molar-refractivity contribution is 4.75. The summed E-state index contributed by atoms with van der Waals surface area (Å²) in [5.41, 5.74) is 0. The summed E-state index contributed by atoms with van der Waals surface area (Å²) >= 11 is 0. The molecule has 1 aliphatic heterocycles. The van der Waals surface area contributed by atoms with Gasteiger partial charge in [-0.1, -0.05) is 6.92 Å². The van der Waals surface area contributed by atoms with Crippen molar-refractivity contribution < 1.29 is 5.11 Å².